The Hall–Kier alpha value is -3.71. The molecule has 0 aliphatic carbocycles. The number of carbonyl (C=O) groups excluding carboxylic acids is 2. The molecule has 34 heavy (non-hydrogen) atoms. The van der Waals surface area contributed by atoms with Gasteiger partial charge in [-0.2, -0.15) is 0 Å². The number of hydrogen-bond acceptors (Lipinski definition) is 5. The van der Waals surface area contributed by atoms with Gasteiger partial charge in [-0.15, -0.1) is 0 Å². The Kier molecular flexibility index (Phi) is 5.79. The Bertz CT molecular complexity index is 1520. The standard InChI is InChI=1S/C27H23N3O3S/c1-16-7-8-17(2)23(13-16)30-26(33)20-5-3-4-6-22(20)29-27(30)34-15-24(31)19-9-11-21-18(14-19)10-12-25(32)28-21/h3-9,11,13-14H,10,12,15H2,1-2H3,(H,28,32). The van der Waals surface area contributed by atoms with Crippen molar-refractivity contribution in [1.82, 2.24) is 9.55 Å². The molecule has 1 aliphatic rings. The third-order valence-electron chi connectivity index (χ3n) is 6.01. The molecule has 0 radical (unpaired) electrons. The van der Waals surface area contributed by atoms with Crippen LogP contribution in [0.2, 0.25) is 0 Å². The summed E-state index contributed by atoms with van der Waals surface area (Å²) in [5, 5.41) is 3.86. The number of para-hydroxylation sites is 1. The fraction of sp³-hybridized carbons (Fsp3) is 0.185. The van der Waals surface area contributed by atoms with Gasteiger partial charge in [-0.1, -0.05) is 36.0 Å². The first-order chi connectivity index (χ1) is 16.4. The Morgan fingerprint density at radius 2 is 1.85 bits per heavy atom. The maximum Gasteiger partial charge on any atom is 0.266 e. The molecule has 1 amide bonds. The molecular formula is C27H23N3O3S. The molecule has 0 atom stereocenters. The lowest BCUT2D eigenvalue weighted by atomic mass is 9.99. The molecule has 2 heterocycles. The van der Waals surface area contributed by atoms with Gasteiger partial charge in [0, 0.05) is 17.7 Å². The van der Waals surface area contributed by atoms with Crippen LogP contribution in [0.25, 0.3) is 16.6 Å². The van der Waals surface area contributed by atoms with Crippen molar-refractivity contribution in [2.75, 3.05) is 11.1 Å². The molecule has 0 saturated carbocycles. The molecule has 7 heteroatoms. The van der Waals surface area contributed by atoms with Crippen LogP contribution in [0, 0.1) is 13.8 Å². The van der Waals surface area contributed by atoms with E-state index in [1.807, 2.05) is 56.3 Å². The summed E-state index contributed by atoms with van der Waals surface area (Å²) < 4.78 is 1.62. The Morgan fingerprint density at radius 1 is 1.03 bits per heavy atom. The molecule has 1 N–H and O–H groups in total. The third-order valence-corrected chi connectivity index (χ3v) is 6.94. The van der Waals surface area contributed by atoms with Crippen LogP contribution in [0.1, 0.15) is 33.5 Å². The normalized spacial score (nSPS) is 12.9. The summed E-state index contributed by atoms with van der Waals surface area (Å²) >= 11 is 1.26. The summed E-state index contributed by atoms with van der Waals surface area (Å²) in [5.41, 5.74) is 5.52. The van der Waals surface area contributed by atoms with Gasteiger partial charge in [-0.3, -0.25) is 19.0 Å². The Morgan fingerprint density at radius 3 is 2.71 bits per heavy atom. The Labute approximate surface area is 201 Å². The monoisotopic (exact) mass is 469 g/mol. The third kappa shape index (κ3) is 4.15. The average molecular weight is 470 g/mol. The number of ketones is 1. The lowest BCUT2D eigenvalue weighted by Gasteiger charge is -2.17. The predicted molar refractivity (Wildman–Crippen MR) is 135 cm³/mol. The summed E-state index contributed by atoms with van der Waals surface area (Å²) in [5.74, 6) is 0.0781. The highest BCUT2D eigenvalue weighted by atomic mass is 32.2. The van der Waals surface area contributed by atoms with Crippen LogP contribution in [0.4, 0.5) is 5.69 Å². The number of rotatable bonds is 5. The van der Waals surface area contributed by atoms with Crippen LogP contribution < -0.4 is 10.9 Å². The molecular weight excluding hydrogens is 446 g/mol. The molecule has 6 nitrogen and oxygen atoms in total. The van der Waals surface area contributed by atoms with E-state index in [-0.39, 0.29) is 23.0 Å². The van der Waals surface area contributed by atoms with Gasteiger partial charge in [-0.05, 0) is 73.4 Å². The molecule has 0 bridgehead atoms. The van der Waals surface area contributed by atoms with Gasteiger partial charge < -0.3 is 5.32 Å². The molecule has 0 fully saturated rings. The van der Waals surface area contributed by atoms with Gasteiger partial charge in [0.05, 0.1) is 22.3 Å². The van der Waals surface area contributed by atoms with E-state index in [1.54, 1.807) is 22.8 Å². The van der Waals surface area contributed by atoms with E-state index in [9.17, 15) is 14.4 Å². The van der Waals surface area contributed by atoms with Gasteiger partial charge in [0.25, 0.3) is 5.56 Å². The SMILES string of the molecule is Cc1ccc(C)c(-n2c(SCC(=O)c3ccc4c(c3)CCC(=O)N4)nc3ccccc3c2=O)c1. The first-order valence-corrected chi connectivity index (χ1v) is 12.1. The highest BCUT2D eigenvalue weighted by molar-refractivity contribution is 7.99. The van der Waals surface area contributed by atoms with Crippen molar-refractivity contribution in [3.63, 3.8) is 0 Å². The van der Waals surface area contributed by atoms with E-state index < -0.39 is 0 Å². The first-order valence-electron chi connectivity index (χ1n) is 11.1. The van der Waals surface area contributed by atoms with E-state index >= 15 is 0 Å². The fourth-order valence-corrected chi connectivity index (χ4v) is 5.05. The van der Waals surface area contributed by atoms with Crippen molar-refractivity contribution < 1.29 is 9.59 Å². The van der Waals surface area contributed by atoms with Crippen molar-refractivity contribution in [2.24, 2.45) is 0 Å². The lowest BCUT2D eigenvalue weighted by molar-refractivity contribution is -0.116. The molecule has 3 aromatic carbocycles. The number of aromatic nitrogens is 2. The quantitative estimate of drug-likeness (QED) is 0.256. The van der Waals surface area contributed by atoms with Crippen LogP contribution in [0.5, 0.6) is 0 Å². The van der Waals surface area contributed by atoms with Crippen LogP contribution in [0.3, 0.4) is 0 Å². The molecule has 1 aliphatic heterocycles. The summed E-state index contributed by atoms with van der Waals surface area (Å²) in [6.07, 6.45) is 1.04. The van der Waals surface area contributed by atoms with E-state index in [4.69, 9.17) is 4.98 Å². The number of carbonyl (C=O) groups is 2. The molecule has 1 aromatic heterocycles. The minimum atomic E-state index is -0.154. The smallest absolute Gasteiger partial charge is 0.266 e. The van der Waals surface area contributed by atoms with Gasteiger partial charge in [-0.25, -0.2) is 4.98 Å². The van der Waals surface area contributed by atoms with Gasteiger partial charge in [0.2, 0.25) is 5.91 Å². The highest BCUT2D eigenvalue weighted by Gasteiger charge is 2.19. The topological polar surface area (TPSA) is 81.1 Å². The van der Waals surface area contributed by atoms with E-state index in [0.29, 0.717) is 34.5 Å². The number of nitrogens with zero attached hydrogens (tertiary/aromatic N) is 2. The van der Waals surface area contributed by atoms with Gasteiger partial charge >= 0.3 is 0 Å². The minimum absolute atomic E-state index is 0.00563. The molecule has 0 saturated heterocycles. The van der Waals surface area contributed by atoms with Crippen LogP contribution in [-0.2, 0) is 11.2 Å². The van der Waals surface area contributed by atoms with Crippen molar-refractivity contribution in [3.05, 3.63) is 93.3 Å². The molecule has 5 rings (SSSR count). The number of fused-ring (bicyclic) bond motifs is 2. The summed E-state index contributed by atoms with van der Waals surface area (Å²) in [4.78, 5) is 42.9. The zero-order valence-electron chi connectivity index (χ0n) is 18.9. The molecule has 4 aromatic rings. The van der Waals surface area contributed by atoms with Crippen molar-refractivity contribution in [1.29, 1.82) is 0 Å². The summed E-state index contributed by atoms with van der Waals surface area (Å²) in [6.45, 7) is 3.94. The lowest BCUT2D eigenvalue weighted by Crippen LogP contribution is -2.23. The molecule has 0 unspecified atom stereocenters. The fourth-order valence-electron chi connectivity index (χ4n) is 4.15. The molecule has 170 valence electrons. The second kappa shape index (κ2) is 8.91. The highest BCUT2D eigenvalue weighted by Crippen LogP contribution is 2.27. The number of nitrogens with one attached hydrogen (secondary N) is 1. The van der Waals surface area contributed by atoms with Gasteiger partial charge in [0.15, 0.2) is 10.9 Å². The van der Waals surface area contributed by atoms with Crippen molar-refractivity contribution in [2.45, 2.75) is 31.8 Å². The number of benzene rings is 3. The van der Waals surface area contributed by atoms with E-state index in [0.717, 1.165) is 28.1 Å². The summed E-state index contributed by atoms with van der Waals surface area (Å²) in [7, 11) is 0. The number of anilines is 1. The van der Waals surface area contributed by atoms with Crippen LogP contribution >= 0.6 is 11.8 Å². The minimum Gasteiger partial charge on any atom is -0.326 e. The van der Waals surface area contributed by atoms with E-state index in [1.165, 1.54) is 11.8 Å². The van der Waals surface area contributed by atoms with Gasteiger partial charge in [0.1, 0.15) is 0 Å². The van der Waals surface area contributed by atoms with Crippen molar-refractivity contribution in [3.8, 4) is 5.69 Å². The predicted octanol–water partition coefficient (Wildman–Crippen LogP) is 4.86. The number of aryl methyl sites for hydroxylation is 3. The zero-order valence-corrected chi connectivity index (χ0v) is 19.7. The van der Waals surface area contributed by atoms with Crippen molar-refractivity contribution >= 4 is 40.0 Å². The number of Topliss-reactive ketones (excluding diaryl/α,β-unsaturated/α-hetero) is 1. The second-order valence-corrected chi connectivity index (χ2v) is 9.42. The largest absolute Gasteiger partial charge is 0.326 e. The Balaban J connectivity index is 1.51. The summed E-state index contributed by atoms with van der Waals surface area (Å²) in [6, 6.07) is 18.6. The maximum atomic E-state index is 13.5. The molecule has 0 spiro atoms. The zero-order chi connectivity index (χ0) is 23.8. The first kappa shape index (κ1) is 22.1. The maximum absolute atomic E-state index is 13.5. The second-order valence-electron chi connectivity index (χ2n) is 8.47. The average Bonchev–Trinajstić information content (AvgIpc) is 2.84. The number of thioether (sulfide) groups is 1. The van der Waals surface area contributed by atoms with Crippen LogP contribution in [0.15, 0.2) is 70.6 Å². The number of hydrogen-bond donors (Lipinski definition) is 1. The number of amides is 1. The van der Waals surface area contributed by atoms with Crippen LogP contribution in [-0.4, -0.2) is 27.0 Å². The van der Waals surface area contributed by atoms with E-state index in [2.05, 4.69) is 5.32 Å².